The van der Waals surface area contributed by atoms with Gasteiger partial charge in [-0.25, -0.2) is 0 Å². The fourth-order valence-electron chi connectivity index (χ4n) is 3.12. The van der Waals surface area contributed by atoms with Crippen LogP contribution in [-0.2, 0) is 10.2 Å². The Morgan fingerprint density at radius 1 is 1.12 bits per heavy atom. The highest BCUT2D eigenvalue weighted by atomic mass is 16.5. The Bertz CT molecular complexity index is 364. The molecule has 2 heteroatoms. The van der Waals surface area contributed by atoms with E-state index in [4.69, 9.17) is 4.74 Å². The summed E-state index contributed by atoms with van der Waals surface area (Å²) in [5.74, 6) is 0.522. The third kappa shape index (κ3) is 2.00. The first-order chi connectivity index (χ1) is 8.33. The summed E-state index contributed by atoms with van der Waals surface area (Å²) in [5, 5.41) is 10.7. The minimum absolute atomic E-state index is 0.0549. The standard InChI is InChI=1S/C15H20O2/c16-14(12-6-7-12)15(8-10-17-11-9-15)13-4-2-1-3-5-13/h1-5,12,14,16H,6-11H2. The van der Waals surface area contributed by atoms with Crippen LogP contribution in [0.3, 0.4) is 0 Å². The highest BCUT2D eigenvalue weighted by Gasteiger charge is 2.47. The first-order valence-corrected chi connectivity index (χ1v) is 6.64. The lowest BCUT2D eigenvalue weighted by atomic mass is 9.68. The molecule has 1 aliphatic carbocycles. The minimum Gasteiger partial charge on any atom is -0.392 e. The predicted octanol–water partition coefficient (Wildman–Crippen LogP) is 2.51. The molecule has 1 aromatic rings. The summed E-state index contributed by atoms with van der Waals surface area (Å²) >= 11 is 0. The minimum atomic E-state index is -0.186. The maximum atomic E-state index is 10.7. The molecule has 1 N–H and O–H groups in total. The molecule has 1 atom stereocenters. The van der Waals surface area contributed by atoms with Crippen molar-refractivity contribution in [1.82, 2.24) is 0 Å². The van der Waals surface area contributed by atoms with Crippen LogP contribution in [0.1, 0.15) is 31.2 Å². The predicted molar refractivity (Wildman–Crippen MR) is 66.9 cm³/mol. The van der Waals surface area contributed by atoms with E-state index in [0.29, 0.717) is 5.92 Å². The van der Waals surface area contributed by atoms with Crippen LogP contribution in [0, 0.1) is 5.92 Å². The van der Waals surface area contributed by atoms with E-state index in [0.717, 1.165) is 26.1 Å². The van der Waals surface area contributed by atoms with Crippen LogP contribution < -0.4 is 0 Å². The Morgan fingerprint density at radius 2 is 1.76 bits per heavy atom. The summed E-state index contributed by atoms with van der Waals surface area (Å²) in [6, 6.07) is 10.5. The van der Waals surface area contributed by atoms with Gasteiger partial charge in [0.2, 0.25) is 0 Å². The average Bonchev–Trinajstić information content (AvgIpc) is 3.24. The number of ether oxygens (including phenoxy) is 1. The van der Waals surface area contributed by atoms with Gasteiger partial charge in [-0.15, -0.1) is 0 Å². The highest BCUT2D eigenvalue weighted by Crippen LogP contribution is 2.47. The largest absolute Gasteiger partial charge is 0.392 e. The highest BCUT2D eigenvalue weighted by molar-refractivity contribution is 5.28. The Kier molecular flexibility index (Phi) is 2.93. The molecule has 0 radical (unpaired) electrons. The molecular weight excluding hydrogens is 212 g/mol. The van der Waals surface area contributed by atoms with Crippen LogP contribution in [0.2, 0.25) is 0 Å². The van der Waals surface area contributed by atoms with Gasteiger partial charge in [0.1, 0.15) is 0 Å². The number of rotatable bonds is 3. The normalized spacial score (nSPS) is 25.5. The molecule has 17 heavy (non-hydrogen) atoms. The molecule has 92 valence electrons. The van der Waals surface area contributed by atoms with Crippen molar-refractivity contribution in [2.24, 2.45) is 5.92 Å². The van der Waals surface area contributed by atoms with Gasteiger partial charge in [-0.2, -0.15) is 0 Å². The van der Waals surface area contributed by atoms with Gasteiger partial charge < -0.3 is 9.84 Å². The maximum absolute atomic E-state index is 10.7. The summed E-state index contributed by atoms with van der Waals surface area (Å²) in [5.41, 5.74) is 1.24. The lowest BCUT2D eigenvalue weighted by Gasteiger charge is -2.42. The zero-order valence-electron chi connectivity index (χ0n) is 10.1. The zero-order valence-corrected chi connectivity index (χ0v) is 10.1. The van der Waals surface area contributed by atoms with E-state index in [9.17, 15) is 5.11 Å². The molecule has 2 aliphatic rings. The third-order valence-electron chi connectivity index (χ3n) is 4.37. The maximum Gasteiger partial charge on any atom is 0.0666 e. The molecule has 1 saturated carbocycles. The Balaban J connectivity index is 1.94. The van der Waals surface area contributed by atoms with Gasteiger partial charge in [-0.1, -0.05) is 30.3 Å². The van der Waals surface area contributed by atoms with Crippen LogP contribution in [0.5, 0.6) is 0 Å². The van der Waals surface area contributed by atoms with Crippen molar-refractivity contribution in [2.45, 2.75) is 37.2 Å². The summed E-state index contributed by atoms with van der Waals surface area (Å²) in [6.07, 6.45) is 4.10. The monoisotopic (exact) mass is 232 g/mol. The van der Waals surface area contributed by atoms with Crippen molar-refractivity contribution in [2.75, 3.05) is 13.2 Å². The molecule has 3 rings (SSSR count). The Labute approximate surface area is 103 Å². The van der Waals surface area contributed by atoms with Gasteiger partial charge in [0, 0.05) is 18.6 Å². The summed E-state index contributed by atoms with van der Waals surface area (Å²) < 4.78 is 5.49. The zero-order chi connectivity index (χ0) is 11.7. The van der Waals surface area contributed by atoms with E-state index in [1.54, 1.807) is 0 Å². The average molecular weight is 232 g/mol. The van der Waals surface area contributed by atoms with E-state index in [2.05, 4.69) is 24.3 Å². The quantitative estimate of drug-likeness (QED) is 0.867. The van der Waals surface area contributed by atoms with Crippen LogP contribution in [-0.4, -0.2) is 24.4 Å². The molecule has 0 spiro atoms. The van der Waals surface area contributed by atoms with Crippen molar-refractivity contribution in [3.05, 3.63) is 35.9 Å². The second kappa shape index (κ2) is 4.43. The van der Waals surface area contributed by atoms with Crippen LogP contribution in [0.15, 0.2) is 30.3 Å². The molecule has 2 fully saturated rings. The Hall–Kier alpha value is -0.860. The summed E-state index contributed by atoms with van der Waals surface area (Å²) in [7, 11) is 0. The molecule has 1 saturated heterocycles. The molecule has 1 aromatic carbocycles. The van der Waals surface area contributed by atoms with E-state index in [1.165, 1.54) is 18.4 Å². The fourth-order valence-corrected chi connectivity index (χ4v) is 3.12. The number of benzene rings is 1. The topological polar surface area (TPSA) is 29.5 Å². The van der Waals surface area contributed by atoms with Crippen molar-refractivity contribution in [3.63, 3.8) is 0 Å². The van der Waals surface area contributed by atoms with Crippen LogP contribution in [0.4, 0.5) is 0 Å². The van der Waals surface area contributed by atoms with Gasteiger partial charge in [0.15, 0.2) is 0 Å². The smallest absolute Gasteiger partial charge is 0.0666 e. The number of aliphatic hydroxyl groups excluding tert-OH is 1. The van der Waals surface area contributed by atoms with E-state index >= 15 is 0 Å². The second-order valence-electron chi connectivity index (χ2n) is 5.42. The lowest BCUT2D eigenvalue weighted by molar-refractivity contribution is -0.0245. The first kappa shape index (κ1) is 11.2. The van der Waals surface area contributed by atoms with Crippen molar-refractivity contribution < 1.29 is 9.84 Å². The molecule has 1 heterocycles. The summed E-state index contributed by atoms with van der Waals surface area (Å²) in [6.45, 7) is 1.55. The Morgan fingerprint density at radius 3 is 2.35 bits per heavy atom. The van der Waals surface area contributed by atoms with Crippen LogP contribution in [0.25, 0.3) is 0 Å². The molecule has 1 unspecified atom stereocenters. The van der Waals surface area contributed by atoms with Gasteiger partial charge in [0.05, 0.1) is 6.10 Å². The van der Waals surface area contributed by atoms with Gasteiger partial charge in [-0.05, 0) is 37.2 Å². The number of aliphatic hydroxyl groups is 1. The SMILES string of the molecule is OC(C1CC1)C1(c2ccccc2)CCOCC1. The van der Waals surface area contributed by atoms with E-state index < -0.39 is 0 Å². The fraction of sp³-hybridized carbons (Fsp3) is 0.600. The molecule has 1 aliphatic heterocycles. The van der Waals surface area contributed by atoms with Crippen molar-refractivity contribution in [1.29, 1.82) is 0 Å². The summed E-state index contributed by atoms with van der Waals surface area (Å²) in [4.78, 5) is 0. The van der Waals surface area contributed by atoms with Gasteiger partial charge >= 0.3 is 0 Å². The third-order valence-corrected chi connectivity index (χ3v) is 4.37. The van der Waals surface area contributed by atoms with Gasteiger partial charge in [-0.3, -0.25) is 0 Å². The first-order valence-electron chi connectivity index (χ1n) is 6.64. The lowest BCUT2D eigenvalue weighted by Crippen LogP contribution is -2.45. The van der Waals surface area contributed by atoms with E-state index in [1.807, 2.05) is 6.07 Å². The van der Waals surface area contributed by atoms with Crippen molar-refractivity contribution in [3.8, 4) is 0 Å². The number of hydrogen-bond donors (Lipinski definition) is 1. The molecule has 2 nitrogen and oxygen atoms in total. The van der Waals surface area contributed by atoms with Crippen molar-refractivity contribution >= 4 is 0 Å². The molecule has 0 amide bonds. The second-order valence-corrected chi connectivity index (χ2v) is 5.42. The number of hydrogen-bond acceptors (Lipinski definition) is 2. The molecule has 0 bridgehead atoms. The van der Waals surface area contributed by atoms with E-state index in [-0.39, 0.29) is 11.5 Å². The van der Waals surface area contributed by atoms with Crippen LogP contribution >= 0.6 is 0 Å². The molecule has 0 aromatic heterocycles. The van der Waals surface area contributed by atoms with Gasteiger partial charge in [0.25, 0.3) is 0 Å². The molecular formula is C15H20O2.